The second-order valence-corrected chi connectivity index (χ2v) is 4.55. The van der Waals surface area contributed by atoms with Crippen LogP contribution in [-0.4, -0.2) is 37.3 Å². The molecule has 1 aromatic rings. The Labute approximate surface area is 106 Å². The van der Waals surface area contributed by atoms with Crippen molar-refractivity contribution in [3.05, 3.63) is 35.9 Å². The molecule has 0 aliphatic carbocycles. The summed E-state index contributed by atoms with van der Waals surface area (Å²) in [6.07, 6.45) is 0. The first-order chi connectivity index (χ1) is 8.26. The molecule has 0 aliphatic heterocycles. The second kappa shape index (κ2) is 7.46. The van der Waals surface area contributed by atoms with E-state index in [1.807, 2.05) is 6.07 Å². The Morgan fingerprint density at radius 3 is 2.06 bits per heavy atom. The van der Waals surface area contributed by atoms with E-state index in [0.29, 0.717) is 0 Å². The lowest BCUT2D eigenvalue weighted by Gasteiger charge is -2.35. The van der Waals surface area contributed by atoms with Gasteiger partial charge in [-0.05, 0) is 26.3 Å². The summed E-state index contributed by atoms with van der Waals surface area (Å²) < 4.78 is 6.93. The van der Waals surface area contributed by atoms with Crippen LogP contribution in [0.15, 0.2) is 30.3 Å². The minimum Gasteiger partial charge on any atom is -0.371 e. The van der Waals surface area contributed by atoms with Crippen molar-refractivity contribution in [2.75, 3.05) is 32.8 Å². The molecule has 2 nitrogen and oxygen atoms in total. The van der Waals surface area contributed by atoms with Crippen LogP contribution in [0, 0.1) is 0 Å². The number of benzene rings is 1. The van der Waals surface area contributed by atoms with Crippen LogP contribution < -0.4 is 0 Å². The van der Waals surface area contributed by atoms with Crippen LogP contribution in [0.25, 0.3) is 0 Å². The van der Waals surface area contributed by atoms with E-state index in [2.05, 4.69) is 45.0 Å². The van der Waals surface area contributed by atoms with E-state index < -0.39 is 0 Å². The Morgan fingerprint density at radius 1 is 0.941 bits per heavy atom. The maximum absolute atomic E-state index is 5.77. The van der Waals surface area contributed by atoms with Crippen molar-refractivity contribution < 1.29 is 9.22 Å². The molecule has 2 heteroatoms. The van der Waals surface area contributed by atoms with Crippen molar-refractivity contribution in [2.45, 2.75) is 27.4 Å². The van der Waals surface area contributed by atoms with Crippen molar-refractivity contribution in [3.8, 4) is 0 Å². The highest BCUT2D eigenvalue weighted by Crippen LogP contribution is 2.06. The average molecular weight is 236 g/mol. The minimum absolute atomic E-state index is 0.734. The molecule has 17 heavy (non-hydrogen) atoms. The molecule has 0 bridgehead atoms. The minimum atomic E-state index is 0.734. The zero-order chi connectivity index (χ0) is 12.6. The molecule has 0 heterocycles. The molecule has 96 valence electrons. The molecule has 0 saturated heterocycles. The molecular formula is C15H26NO+. The van der Waals surface area contributed by atoms with Crippen LogP contribution in [0.5, 0.6) is 0 Å². The smallest absolute Gasteiger partial charge is 0.102 e. The van der Waals surface area contributed by atoms with Gasteiger partial charge in [0.15, 0.2) is 0 Å². The van der Waals surface area contributed by atoms with Crippen molar-refractivity contribution in [1.82, 2.24) is 0 Å². The Kier molecular flexibility index (Phi) is 6.23. The highest BCUT2D eigenvalue weighted by molar-refractivity contribution is 5.13. The summed E-state index contributed by atoms with van der Waals surface area (Å²) in [4.78, 5) is 0. The van der Waals surface area contributed by atoms with Gasteiger partial charge in [-0.25, -0.2) is 0 Å². The summed E-state index contributed by atoms with van der Waals surface area (Å²) in [7, 11) is 0. The molecule has 0 amide bonds. The molecular weight excluding hydrogens is 210 g/mol. The third-order valence-corrected chi connectivity index (χ3v) is 3.83. The van der Waals surface area contributed by atoms with Gasteiger partial charge in [-0.1, -0.05) is 30.3 Å². The molecule has 0 N–H and O–H groups in total. The lowest BCUT2D eigenvalue weighted by Crippen LogP contribution is -2.49. The predicted molar refractivity (Wildman–Crippen MR) is 72.8 cm³/mol. The molecule has 0 unspecified atom stereocenters. The van der Waals surface area contributed by atoms with Crippen LogP contribution in [0.2, 0.25) is 0 Å². The Morgan fingerprint density at radius 2 is 1.53 bits per heavy atom. The first kappa shape index (κ1) is 14.2. The summed E-state index contributed by atoms with van der Waals surface area (Å²) in [5.41, 5.74) is 1.26. The molecule has 0 aromatic heterocycles. The van der Waals surface area contributed by atoms with Crippen molar-refractivity contribution >= 4 is 0 Å². The lowest BCUT2D eigenvalue weighted by atomic mass is 10.2. The van der Waals surface area contributed by atoms with Crippen molar-refractivity contribution in [3.63, 3.8) is 0 Å². The number of likely N-dealkylation sites (N-methyl/N-ethyl adjacent to an activating group) is 1. The first-order valence-corrected chi connectivity index (χ1v) is 6.73. The molecule has 1 rings (SSSR count). The van der Waals surface area contributed by atoms with Gasteiger partial charge in [0.1, 0.15) is 6.54 Å². The van der Waals surface area contributed by atoms with Crippen LogP contribution in [0.1, 0.15) is 26.3 Å². The summed E-state index contributed by atoms with van der Waals surface area (Å²) in [6, 6.07) is 10.4. The van der Waals surface area contributed by atoms with Crippen LogP contribution in [-0.2, 0) is 11.3 Å². The lowest BCUT2D eigenvalue weighted by molar-refractivity contribution is -0.923. The summed E-state index contributed by atoms with van der Waals surface area (Å²) in [5, 5.41) is 0. The maximum Gasteiger partial charge on any atom is 0.102 e. The van der Waals surface area contributed by atoms with E-state index in [1.54, 1.807) is 0 Å². The fourth-order valence-electron chi connectivity index (χ4n) is 2.17. The van der Waals surface area contributed by atoms with Crippen molar-refractivity contribution in [1.29, 1.82) is 0 Å². The summed E-state index contributed by atoms with van der Waals surface area (Å²) >= 11 is 0. The van der Waals surface area contributed by atoms with Gasteiger partial charge < -0.3 is 9.22 Å². The standard InChI is InChI=1S/C15H26NO/c1-4-16(5-2,6-3)12-13-17-14-15-10-8-7-9-11-15/h7-11H,4-6,12-14H2,1-3H3/q+1. The molecule has 0 fully saturated rings. The first-order valence-electron chi connectivity index (χ1n) is 6.73. The molecule has 0 atom stereocenters. The maximum atomic E-state index is 5.77. The van der Waals surface area contributed by atoms with E-state index in [1.165, 1.54) is 25.2 Å². The Hall–Kier alpha value is -0.860. The summed E-state index contributed by atoms with van der Waals surface area (Å²) in [5.74, 6) is 0. The Balaban J connectivity index is 2.28. The SMILES string of the molecule is CC[N+](CC)(CC)CCOCc1ccccc1. The van der Waals surface area contributed by atoms with E-state index in [0.717, 1.165) is 24.2 Å². The van der Waals surface area contributed by atoms with Gasteiger partial charge in [-0.15, -0.1) is 0 Å². The largest absolute Gasteiger partial charge is 0.371 e. The number of nitrogens with zero attached hydrogens (tertiary/aromatic N) is 1. The third-order valence-electron chi connectivity index (χ3n) is 3.83. The normalized spacial score (nSPS) is 11.7. The van der Waals surface area contributed by atoms with Gasteiger partial charge in [0.05, 0.1) is 32.8 Å². The number of ether oxygens (including phenoxy) is 1. The fourth-order valence-corrected chi connectivity index (χ4v) is 2.17. The van der Waals surface area contributed by atoms with Crippen LogP contribution >= 0.6 is 0 Å². The second-order valence-electron chi connectivity index (χ2n) is 4.55. The molecule has 0 spiro atoms. The van der Waals surface area contributed by atoms with Crippen molar-refractivity contribution in [2.24, 2.45) is 0 Å². The van der Waals surface area contributed by atoms with Crippen LogP contribution in [0.4, 0.5) is 0 Å². The molecule has 0 saturated carbocycles. The Bertz CT molecular complexity index is 285. The zero-order valence-corrected chi connectivity index (χ0v) is 11.5. The average Bonchev–Trinajstić information content (AvgIpc) is 2.41. The highest BCUT2D eigenvalue weighted by atomic mass is 16.5. The molecule has 1 aromatic carbocycles. The number of quaternary nitrogens is 1. The van der Waals surface area contributed by atoms with Gasteiger partial charge >= 0.3 is 0 Å². The quantitative estimate of drug-likeness (QED) is 0.498. The van der Waals surface area contributed by atoms with Gasteiger partial charge in [-0.3, -0.25) is 0 Å². The van der Waals surface area contributed by atoms with Gasteiger partial charge in [-0.2, -0.15) is 0 Å². The monoisotopic (exact) mass is 236 g/mol. The van der Waals surface area contributed by atoms with Gasteiger partial charge in [0.25, 0.3) is 0 Å². The predicted octanol–water partition coefficient (Wildman–Crippen LogP) is 3.08. The number of hydrogen-bond acceptors (Lipinski definition) is 1. The molecule has 0 aliphatic rings. The topological polar surface area (TPSA) is 9.23 Å². The third kappa shape index (κ3) is 4.49. The number of rotatable bonds is 8. The van der Waals surface area contributed by atoms with Gasteiger partial charge in [0, 0.05) is 0 Å². The van der Waals surface area contributed by atoms with E-state index in [9.17, 15) is 0 Å². The van der Waals surface area contributed by atoms with E-state index >= 15 is 0 Å². The van der Waals surface area contributed by atoms with Gasteiger partial charge in [0.2, 0.25) is 0 Å². The highest BCUT2D eigenvalue weighted by Gasteiger charge is 2.19. The molecule has 0 radical (unpaired) electrons. The van der Waals surface area contributed by atoms with Crippen LogP contribution in [0.3, 0.4) is 0 Å². The zero-order valence-electron chi connectivity index (χ0n) is 11.5. The number of hydrogen-bond donors (Lipinski definition) is 0. The van der Waals surface area contributed by atoms with E-state index in [4.69, 9.17) is 4.74 Å². The summed E-state index contributed by atoms with van der Waals surface area (Å²) in [6.45, 7) is 13.1. The fraction of sp³-hybridized carbons (Fsp3) is 0.600. The van der Waals surface area contributed by atoms with E-state index in [-0.39, 0.29) is 0 Å².